The van der Waals surface area contributed by atoms with E-state index < -0.39 is 38.5 Å². The topological polar surface area (TPSA) is 182 Å². The van der Waals surface area contributed by atoms with E-state index in [0.29, 0.717) is 27.9 Å². The van der Waals surface area contributed by atoms with Crippen LogP contribution in [0.5, 0.6) is 5.75 Å². The molecule has 0 radical (unpaired) electrons. The van der Waals surface area contributed by atoms with Gasteiger partial charge < -0.3 is 39.8 Å². The molecule has 0 spiro atoms. The molecule has 0 bridgehead atoms. The van der Waals surface area contributed by atoms with Crippen LogP contribution in [0.15, 0.2) is 36.8 Å². The number of nitrogens with zero attached hydrogens (tertiary/aromatic N) is 3. The number of anilines is 1. The van der Waals surface area contributed by atoms with Gasteiger partial charge in [-0.05, 0) is 31.2 Å². The van der Waals surface area contributed by atoms with Crippen LogP contribution in [0.4, 0.5) is 5.82 Å². The van der Waals surface area contributed by atoms with Gasteiger partial charge in [0, 0.05) is 11.8 Å². The number of methoxy groups -OCH3 is 1. The molecule has 0 saturated carbocycles. The van der Waals surface area contributed by atoms with E-state index in [2.05, 4.69) is 26.3 Å². The zero-order chi connectivity index (χ0) is 24.7. The van der Waals surface area contributed by atoms with E-state index in [0.717, 1.165) is 0 Å². The molecule has 0 amide bonds. The number of fused-ring (bicyclic) bond motifs is 1. The van der Waals surface area contributed by atoms with Crippen molar-refractivity contribution in [3.8, 4) is 17.6 Å². The molecule has 3 aromatic rings. The molecule has 3 unspecified atom stereocenters. The number of nitrogen functional groups attached to an aromatic ring is 1. The lowest BCUT2D eigenvalue weighted by atomic mass is 9.96. The molecular formula is C21H23N4O8P. The molecular weight excluding hydrogens is 467 g/mol. The van der Waals surface area contributed by atoms with Crippen molar-refractivity contribution in [2.24, 2.45) is 0 Å². The normalized spacial score (nSPS) is 24.7. The fourth-order valence-electron chi connectivity index (χ4n) is 3.74. The molecule has 4 rings (SSSR count). The number of rotatable bonds is 5. The second-order valence-electron chi connectivity index (χ2n) is 7.87. The molecule has 1 fully saturated rings. The van der Waals surface area contributed by atoms with Crippen LogP contribution in [0.25, 0.3) is 11.0 Å². The first-order valence-corrected chi connectivity index (χ1v) is 11.6. The molecule has 1 saturated heterocycles. The van der Waals surface area contributed by atoms with Gasteiger partial charge in [0.25, 0.3) is 0 Å². The zero-order valence-corrected chi connectivity index (χ0v) is 19.1. The molecule has 0 aliphatic carbocycles. The number of benzene rings is 1. The van der Waals surface area contributed by atoms with Crippen molar-refractivity contribution in [2.45, 2.75) is 31.0 Å². The summed E-state index contributed by atoms with van der Waals surface area (Å²) < 4.78 is 27.9. The molecule has 12 nitrogen and oxygen atoms in total. The Morgan fingerprint density at radius 1 is 1.26 bits per heavy atom. The van der Waals surface area contributed by atoms with Crippen LogP contribution >= 0.6 is 7.82 Å². The van der Waals surface area contributed by atoms with Crippen molar-refractivity contribution < 1.29 is 38.6 Å². The van der Waals surface area contributed by atoms with Crippen molar-refractivity contribution in [1.82, 2.24) is 14.5 Å². The predicted octanol–water partition coefficient (Wildman–Crippen LogP) is 0.540. The summed E-state index contributed by atoms with van der Waals surface area (Å²) in [5.41, 5.74) is 5.68. The van der Waals surface area contributed by atoms with E-state index in [9.17, 15) is 14.8 Å². The van der Waals surface area contributed by atoms with Gasteiger partial charge in [-0.1, -0.05) is 11.8 Å². The molecule has 1 aromatic carbocycles. The minimum Gasteiger partial charge on any atom is -0.497 e. The second kappa shape index (κ2) is 8.98. The Balaban J connectivity index is 1.73. The fraction of sp³-hybridized carbons (Fsp3) is 0.333. The average Bonchev–Trinajstić information content (AvgIpc) is 3.26. The van der Waals surface area contributed by atoms with E-state index in [1.165, 1.54) is 17.8 Å². The van der Waals surface area contributed by atoms with Crippen molar-refractivity contribution in [3.05, 3.63) is 47.9 Å². The first-order valence-electron chi connectivity index (χ1n) is 10.0. The minimum atomic E-state index is -4.81. The number of hydrogen-bond donors (Lipinski definition) is 5. The number of hydrogen-bond acceptors (Lipinski definition) is 9. The number of phosphoric ester groups is 1. The van der Waals surface area contributed by atoms with Crippen LogP contribution in [0.3, 0.4) is 0 Å². The maximum atomic E-state index is 11.1. The molecule has 2 aromatic heterocycles. The smallest absolute Gasteiger partial charge is 0.469 e. The van der Waals surface area contributed by atoms with E-state index in [-0.39, 0.29) is 5.82 Å². The van der Waals surface area contributed by atoms with Gasteiger partial charge >= 0.3 is 7.82 Å². The monoisotopic (exact) mass is 490 g/mol. The third kappa shape index (κ3) is 4.64. The Bertz CT molecular complexity index is 1310. The summed E-state index contributed by atoms with van der Waals surface area (Å²) in [6.45, 7) is 0.692. The van der Waals surface area contributed by atoms with Crippen LogP contribution < -0.4 is 10.5 Å². The summed E-state index contributed by atoms with van der Waals surface area (Å²) in [4.78, 5) is 26.2. The van der Waals surface area contributed by atoms with E-state index in [1.807, 2.05) is 0 Å². The second-order valence-corrected chi connectivity index (χ2v) is 9.11. The number of phosphoric acid groups is 1. The van der Waals surface area contributed by atoms with Gasteiger partial charge in [-0.15, -0.1) is 0 Å². The third-order valence-electron chi connectivity index (χ3n) is 5.48. The quantitative estimate of drug-likeness (QED) is 0.249. The van der Waals surface area contributed by atoms with Crippen LogP contribution in [-0.2, 0) is 13.8 Å². The van der Waals surface area contributed by atoms with Gasteiger partial charge in [0.1, 0.15) is 41.4 Å². The first-order chi connectivity index (χ1) is 16.0. The number of aromatic nitrogens is 3. The largest absolute Gasteiger partial charge is 0.497 e. The number of aliphatic hydroxyl groups excluding tert-OH is 1. The Labute approximate surface area is 194 Å². The highest BCUT2D eigenvalue weighted by Crippen LogP contribution is 2.43. The molecule has 13 heteroatoms. The minimum absolute atomic E-state index is 0.155. The number of nitrogens with two attached hydrogens (primary N) is 1. The van der Waals surface area contributed by atoms with E-state index in [4.69, 9.17) is 25.0 Å². The van der Waals surface area contributed by atoms with Gasteiger partial charge in [-0.25, -0.2) is 14.5 Å². The average molecular weight is 490 g/mol. The highest BCUT2D eigenvalue weighted by Gasteiger charge is 2.54. The Hall–Kier alpha value is -3.01. The summed E-state index contributed by atoms with van der Waals surface area (Å²) in [6, 6.07) is 7.13. The van der Waals surface area contributed by atoms with Crippen LogP contribution in [0, 0.1) is 11.8 Å². The lowest BCUT2D eigenvalue weighted by Crippen LogP contribution is -2.44. The van der Waals surface area contributed by atoms with Gasteiger partial charge in [0.15, 0.2) is 6.23 Å². The Morgan fingerprint density at radius 2 is 1.97 bits per heavy atom. The van der Waals surface area contributed by atoms with Crippen molar-refractivity contribution >= 4 is 24.7 Å². The molecule has 3 heterocycles. The standard InChI is InChI=1S/C21H23N4O8P/c1-21(27)17(26)15(10-32-34(28,29)30)33-20(21)25-9-13(16-18(22)23-11-24-19(16)25)6-3-12-4-7-14(31-2)8-5-12/h4-5,7-9,11,15,17,20,26-27H,10H2,1-2H3,(H2,22,23,24)(H2,28,29,30)/t15?,17?,20?,21-/m1/s1. The summed E-state index contributed by atoms with van der Waals surface area (Å²) in [7, 11) is -3.24. The molecule has 6 N–H and O–H groups in total. The number of ether oxygens (including phenoxy) is 2. The summed E-state index contributed by atoms with van der Waals surface area (Å²) >= 11 is 0. The molecule has 4 atom stereocenters. The SMILES string of the molecule is COc1ccc(C#Cc2cn(C3OC(COP(=O)(O)O)C(O)[C@@]3(C)O)c3ncnc(N)c23)cc1. The Morgan fingerprint density at radius 3 is 2.62 bits per heavy atom. The molecule has 1 aliphatic rings. The van der Waals surface area contributed by atoms with Gasteiger partial charge in [-0.2, -0.15) is 0 Å². The lowest BCUT2D eigenvalue weighted by molar-refractivity contribution is -0.0947. The van der Waals surface area contributed by atoms with Gasteiger partial charge in [0.05, 0.1) is 24.7 Å². The molecule has 34 heavy (non-hydrogen) atoms. The van der Waals surface area contributed by atoms with E-state index in [1.54, 1.807) is 37.6 Å². The van der Waals surface area contributed by atoms with Crippen LogP contribution in [-0.4, -0.2) is 66.1 Å². The molecule has 1 aliphatic heterocycles. The van der Waals surface area contributed by atoms with Crippen LogP contribution in [0.1, 0.15) is 24.3 Å². The maximum Gasteiger partial charge on any atom is 0.469 e. The van der Waals surface area contributed by atoms with Gasteiger partial charge in [0.2, 0.25) is 0 Å². The third-order valence-corrected chi connectivity index (χ3v) is 5.97. The van der Waals surface area contributed by atoms with Crippen molar-refractivity contribution in [1.29, 1.82) is 0 Å². The zero-order valence-electron chi connectivity index (χ0n) is 18.2. The lowest BCUT2D eigenvalue weighted by Gasteiger charge is -2.27. The first kappa shape index (κ1) is 24.1. The maximum absolute atomic E-state index is 11.1. The van der Waals surface area contributed by atoms with E-state index >= 15 is 0 Å². The van der Waals surface area contributed by atoms with Crippen molar-refractivity contribution in [2.75, 3.05) is 19.5 Å². The Kier molecular flexibility index (Phi) is 6.37. The number of aliphatic hydroxyl groups is 2. The highest BCUT2D eigenvalue weighted by atomic mass is 31.2. The summed E-state index contributed by atoms with van der Waals surface area (Å²) in [5.74, 6) is 6.89. The summed E-state index contributed by atoms with van der Waals surface area (Å²) in [6.07, 6.45) is -1.14. The molecule has 180 valence electrons. The predicted molar refractivity (Wildman–Crippen MR) is 119 cm³/mol. The van der Waals surface area contributed by atoms with Gasteiger partial charge in [-0.3, -0.25) is 4.52 Å². The van der Waals surface area contributed by atoms with Crippen LogP contribution in [0.2, 0.25) is 0 Å². The summed E-state index contributed by atoms with van der Waals surface area (Å²) in [5, 5.41) is 22.0. The fourth-order valence-corrected chi connectivity index (χ4v) is 4.09. The van der Waals surface area contributed by atoms with Crippen molar-refractivity contribution in [3.63, 3.8) is 0 Å². The highest BCUT2D eigenvalue weighted by molar-refractivity contribution is 7.46.